The summed E-state index contributed by atoms with van der Waals surface area (Å²) in [7, 11) is 3.97. The Labute approximate surface area is 128 Å². The van der Waals surface area contributed by atoms with Gasteiger partial charge in [-0.3, -0.25) is 4.79 Å². The first-order chi connectivity index (χ1) is 9.90. The number of amides is 1. The Bertz CT molecular complexity index is 530. The van der Waals surface area contributed by atoms with Crippen LogP contribution in [-0.2, 0) is 11.3 Å². The number of rotatable bonds is 4. The van der Waals surface area contributed by atoms with E-state index in [-0.39, 0.29) is 11.3 Å². The van der Waals surface area contributed by atoms with E-state index < -0.39 is 12.0 Å². The first-order valence-electron chi connectivity index (χ1n) is 6.81. The van der Waals surface area contributed by atoms with Crippen LogP contribution in [0.3, 0.4) is 0 Å². The zero-order valence-corrected chi connectivity index (χ0v) is 13.3. The van der Waals surface area contributed by atoms with E-state index in [1.165, 1.54) is 16.7 Å². The van der Waals surface area contributed by atoms with Crippen molar-refractivity contribution in [2.75, 3.05) is 19.8 Å². The highest BCUT2D eigenvalue weighted by Gasteiger charge is 2.39. The summed E-state index contributed by atoms with van der Waals surface area (Å²) in [4.78, 5) is 27.3. The minimum Gasteiger partial charge on any atom is -0.480 e. The van der Waals surface area contributed by atoms with Gasteiger partial charge >= 0.3 is 5.97 Å². The van der Waals surface area contributed by atoms with Crippen LogP contribution in [0.2, 0.25) is 0 Å². The molecule has 1 fully saturated rings. The number of hydrogen-bond donors (Lipinski definition) is 1. The van der Waals surface area contributed by atoms with Gasteiger partial charge in [-0.05, 0) is 38.7 Å². The number of hydrogen-bond acceptors (Lipinski definition) is 4. The molecule has 0 bridgehead atoms. The SMILES string of the molecule is CC1SCC(C(=O)O)N1C(=O)c1ccc(CN(C)C)cc1. The second-order valence-corrected chi connectivity index (χ2v) is 6.78. The van der Waals surface area contributed by atoms with Gasteiger partial charge in [0.25, 0.3) is 5.91 Å². The molecule has 5 nitrogen and oxygen atoms in total. The molecule has 1 aromatic rings. The molecule has 1 heterocycles. The maximum Gasteiger partial charge on any atom is 0.327 e. The van der Waals surface area contributed by atoms with E-state index in [4.69, 9.17) is 0 Å². The van der Waals surface area contributed by atoms with Gasteiger partial charge in [-0.1, -0.05) is 12.1 Å². The van der Waals surface area contributed by atoms with Crippen molar-refractivity contribution in [2.24, 2.45) is 0 Å². The van der Waals surface area contributed by atoms with Gasteiger partial charge in [0.1, 0.15) is 6.04 Å². The number of benzene rings is 1. The largest absolute Gasteiger partial charge is 0.480 e. The molecule has 114 valence electrons. The molecule has 0 saturated carbocycles. The number of thioether (sulfide) groups is 1. The normalized spacial score (nSPS) is 21.8. The highest BCUT2D eigenvalue weighted by atomic mass is 32.2. The van der Waals surface area contributed by atoms with Gasteiger partial charge in [-0.2, -0.15) is 0 Å². The van der Waals surface area contributed by atoms with Crippen molar-refractivity contribution < 1.29 is 14.7 Å². The van der Waals surface area contributed by atoms with Gasteiger partial charge in [-0.25, -0.2) is 4.79 Å². The zero-order chi connectivity index (χ0) is 15.6. The Balaban J connectivity index is 2.17. The van der Waals surface area contributed by atoms with E-state index in [2.05, 4.69) is 4.90 Å². The summed E-state index contributed by atoms with van der Waals surface area (Å²) in [5.41, 5.74) is 1.66. The number of aliphatic carboxylic acids is 1. The lowest BCUT2D eigenvalue weighted by atomic mass is 10.1. The standard InChI is InChI=1S/C15H20N2O3S/c1-10-17(13(9-21-10)15(19)20)14(18)12-6-4-11(5-7-12)8-16(2)3/h4-7,10,13H,8-9H2,1-3H3,(H,19,20). The van der Waals surface area contributed by atoms with Crippen molar-refractivity contribution in [1.29, 1.82) is 0 Å². The summed E-state index contributed by atoms with van der Waals surface area (Å²) in [6.07, 6.45) is 0. The molecule has 1 amide bonds. The summed E-state index contributed by atoms with van der Waals surface area (Å²) in [5, 5.41) is 9.12. The number of nitrogens with zero attached hydrogens (tertiary/aromatic N) is 2. The van der Waals surface area contributed by atoms with Gasteiger partial charge in [0.15, 0.2) is 0 Å². The van der Waals surface area contributed by atoms with Gasteiger partial charge in [0, 0.05) is 17.9 Å². The number of carbonyl (C=O) groups excluding carboxylic acids is 1. The number of carboxylic acid groups (broad SMARTS) is 1. The van der Waals surface area contributed by atoms with Gasteiger partial charge in [-0.15, -0.1) is 11.8 Å². The van der Waals surface area contributed by atoms with E-state index in [1.54, 1.807) is 12.1 Å². The summed E-state index contributed by atoms with van der Waals surface area (Å²) in [5.74, 6) is -0.707. The maximum atomic E-state index is 12.5. The van der Waals surface area contributed by atoms with Crippen molar-refractivity contribution in [3.8, 4) is 0 Å². The second-order valence-electron chi connectivity index (χ2n) is 5.43. The average Bonchev–Trinajstić information content (AvgIpc) is 2.80. The second kappa shape index (κ2) is 6.49. The molecular weight excluding hydrogens is 288 g/mol. The average molecular weight is 308 g/mol. The monoisotopic (exact) mass is 308 g/mol. The van der Waals surface area contributed by atoms with Crippen LogP contribution in [0.5, 0.6) is 0 Å². The van der Waals surface area contributed by atoms with Crippen molar-refractivity contribution in [3.63, 3.8) is 0 Å². The lowest BCUT2D eigenvalue weighted by Gasteiger charge is -2.25. The van der Waals surface area contributed by atoms with Crippen LogP contribution in [0, 0.1) is 0 Å². The third kappa shape index (κ3) is 3.57. The van der Waals surface area contributed by atoms with Crippen LogP contribution >= 0.6 is 11.8 Å². The van der Waals surface area contributed by atoms with E-state index in [0.717, 1.165) is 12.1 Å². The van der Waals surface area contributed by atoms with Crippen LogP contribution in [-0.4, -0.2) is 58.0 Å². The fourth-order valence-electron chi connectivity index (χ4n) is 2.41. The van der Waals surface area contributed by atoms with Gasteiger partial charge < -0.3 is 14.9 Å². The van der Waals surface area contributed by atoms with Crippen LogP contribution in [0.4, 0.5) is 0 Å². The smallest absolute Gasteiger partial charge is 0.327 e. The third-order valence-electron chi connectivity index (χ3n) is 3.44. The maximum absolute atomic E-state index is 12.5. The molecule has 1 aliphatic heterocycles. The molecule has 0 radical (unpaired) electrons. The molecule has 2 unspecified atom stereocenters. The Kier molecular flexibility index (Phi) is 4.90. The van der Waals surface area contributed by atoms with Gasteiger partial charge in [0.05, 0.1) is 5.37 Å². The lowest BCUT2D eigenvalue weighted by Crippen LogP contribution is -2.44. The summed E-state index contributed by atoms with van der Waals surface area (Å²) in [6, 6.07) is 6.64. The molecular formula is C15H20N2O3S. The quantitative estimate of drug-likeness (QED) is 0.918. The van der Waals surface area contributed by atoms with Crippen molar-refractivity contribution in [2.45, 2.75) is 24.9 Å². The predicted molar refractivity (Wildman–Crippen MR) is 83.3 cm³/mol. The fourth-order valence-corrected chi connectivity index (χ4v) is 3.58. The van der Waals surface area contributed by atoms with Crippen molar-refractivity contribution in [1.82, 2.24) is 9.80 Å². The van der Waals surface area contributed by atoms with Gasteiger partial charge in [0.2, 0.25) is 0 Å². The zero-order valence-electron chi connectivity index (χ0n) is 12.4. The Morgan fingerprint density at radius 1 is 1.33 bits per heavy atom. The summed E-state index contributed by atoms with van der Waals surface area (Å²) in [6.45, 7) is 2.67. The molecule has 1 N–H and O–H groups in total. The Hall–Kier alpha value is -1.53. The summed E-state index contributed by atoms with van der Waals surface area (Å²) >= 11 is 1.49. The molecule has 0 aromatic heterocycles. The number of carboxylic acids is 1. The number of carbonyl (C=O) groups is 2. The highest BCUT2D eigenvalue weighted by Crippen LogP contribution is 2.30. The minimum absolute atomic E-state index is 0.111. The van der Waals surface area contributed by atoms with Crippen molar-refractivity contribution in [3.05, 3.63) is 35.4 Å². The van der Waals surface area contributed by atoms with Crippen LogP contribution in [0.15, 0.2) is 24.3 Å². The van der Waals surface area contributed by atoms with E-state index in [9.17, 15) is 14.7 Å². The van der Waals surface area contributed by atoms with Crippen molar-refractivity contribution >= 4 is 23.6 Å². The molecule has 1 aromatic carbocycles. The molecule has 2 atom stereocenters. The first kappa shape index (κ1) is 15.9. The molecule has 6 heteroatoms. The molecule has 21 heavy (non-hydrogen) atoms. The van der Waals surface area contributed by atoms with Crippen LogP contribution in [0.25, 0.3) is 0 Å². The molecule has 0 spiro atoms. The van der Waals surface area contributed by atoms with E-state index in [0.29, 0.717) is 11.3 Å². The molecule has 1 aliphatic rings. The highest BCUT2D eigenvalue weighted by molar-refractivity contribution is 8.00. The molecule has 0 aliphatic carbocycles. The van der Waals surface area contributed by atoms with E-state index in [1.807, 2.05) is 33.2 Å². The minimum atomic E-state index is -0.940. The van der Waals surface area contributed by atoms with Crippen LogP contribution in [0.1, 0.15) is 22.8 Å². The van der Waals surface area contributed by atoms with E-state index >= 15 is 0 Å². The van der Waals surface area contributed by atoms with Crippen LogP contribution < -0.4 is 0 Å². The fraction of sp³-hybridized carbons (Fsp3) is 0.467. The topological polar surface area (TPSA) is 60.9 Å². The predicted octanol–water partition coefficient (Wildman–Crippen LogP) is 1.74. The molecule has 1 saturated heterocycles. The Morgan fingerprint density at radius 3 is 2.48 bits per heavy atom. The Morgan fingerprint density at radius 2 is 1.95 bits per heavy atom. The molecule has 2 rings (SSSR count). The first-order valence-corrected chi connectivity index (χ1v) is 7.85. The lowest BCUT2D eigenvalue weighted by molar-refractivity contribution is -0.141. The third-order valence-corrected chi connectivity index (χ3v) is 4.66. The summed E-state index contributed by atoms with van der Waals surface area (Å²) < 4.78 is 0.